The Morgan fingerprint density at radius 3 is 2.52 bits per heavy atom. The Bertz CT molecular complexity index is 679. The molecule has 6 nitrogen and oxygen atoms in total. The number of hydrogen-bond donors (Lipinski definition) is 2. The average Bonchev–Trinajstić information content (AvgIpc) is 2.98. The molecule has 1 amide bonds. The first-order valence-corrected chi connectivity index (χ1v) is 9.28. The molecule has 2 rings (SSSR count). The average molecular weight is 365 g/mol. The molecule has 1 heterocycles. The van der Waals surface area contributed by atoms with Crippen molar-refractivity contribution in [3.63, 3.8) is 0 Å². The zero-order valence-corrected chi connectivity index (χ0v) is 15.2. The minimum atomic E-state index is -0.979. The van der Waals surface area contributed by atoms with E-state index in [-0.39, 0.29) is 12.5 Å². The molecule has 1 aromatic heterocycles. The van der Waals surface area contributed by atoms with Gasteiger partial charge in [-0.3, -0.25) is 9.59 Å². The first kappa shape index (κ1) is 19.2. The first-order chi connectivity index (χ1) is 12.0. The number of aliphatic carboxylic acids is 1. The Balaban J connectivity index is 2.22. The molecule has 1 aliphatic carbocycles. The molecule has 0 unspecified atom stereocenters. The summed E-state index contributed by atoms with van der Waals surface area (Å²) < 4.78 is 5.06. The molecular formula is C18H23NO5S. The van der Waals surface area contributed by atoms with Gasteiger partial charge < -0.3 is 15.2 Å². The molecule has 1 aliphatic rings. The number of amides is 1. The van der Waals surface area contributed by atoms with Crippen LogP contribution in [0.4, 0.5) is 5.00 Å². The predicted octanol–water partition coefficient (Wildman–Crippen LogP) is 3.48. The van der Waals surface area contributed by atoms with Crippen LogP contribution in [0.5, 0.6) is 0 Å². The SMILES string of the molecule is CCCc1cc(C(=O)OCC)c(NC(=O)[C@H]2CC=CC[C@@H]2C(=O)O)s1. The number of ether oxygens (including phenoxy) is 1. The van der Waals surface area contributed by atoms with Crippen molar-refractivity contribution in [2.24, 2.45) is 11.8 Å². The Labute approximate surface area is 150 Å². The van der Waals surface area contributed by atoms with Gasteiger partial charge in [0.15, 0.2) is 0 Å². The van der Waals surface area contributed by atoms with E-state index in [0.717, 1.165) is 17.7 Å². The molecule has 136 valence electrons. The number of aryl methyl sites for hydroxylation is 1. The van der Waals surface area contributed by atoms with Crippen molar-refractivity contribution in [1.82, 2.24) is 0 Å². The summed E-state index contributed by atoms with van der Waals surface area (Å²) in [5.74, 6) is -3.21. The van der Waals surface area contributed by atoms with Gasteiger partial charge in [0.1, 0.15) is 5.00 Å². The van der Waals surface area contributed by atoms with Gasteiger partial charge in [-0.25, -0.2) is 4.79 Å². The van der Waals surface area contributed by atoms with Crippen LogP contribution in [-0.4, -0.2) is 29.6 Å². The minimum Gasteiger partial charge on any atom is -0.481 e. The van der Waals surface area contributed by atoms with Crippen molar-refractivity contribution in [2.75, 3.05) is 11.9 Å². The van der Waals surface area contributed by atoms with Crippen molar-refractivity contribution in [2.45, 2.75) is 39.5 Å². The molecule has 0 saturated carbocycles. The van der Waals surface area contributed by atoms with Crippen LogP contribution in [0.3, 0.4) is 0 Å². The summed E-state index contributed by atoms with van der Waals surface area (Å²) in [5, 5.41) is 12.5. The van der Waals surface area contributed by atoms with Gasteiger partial charge in [0.05, 0.1) is 24.0 Å². The summed E-state index contributed by atoms with van der Waals surface area (Å²) in [7, 11) is 0. The largest absolute Gasteiger partial charge is 0.481 e. The monoisotopic (exact) mass is 365 g/mol. The molecule has 2 atom stereocenters. The lowest BCUT2D eigenvalue weighted by Crippen LogP contribution is -2.34. The van der Waals surface area contributed by atoms with Gasteiger partial charge in [-0.05, 0) is 32.3 Å². The summed E-state index contributed by atoms with van der Waals surface area (Å²) in [6.45, 7) is 4.01. The number of carbonyl (C=O) groups excluding carboxylic acids is 2. The second kappa shape index (κ2) is 8.80. The van der Waals surface area contributed by atoms with E-state index >= 15 is 0 Å². The maximum atomic E-state index is 12.6. The summed E-state index contributed by atoms with van der Waals surface area (Å²) >= 11 is 1.34. The van der Waals surface area contributed by atoms with E-state index in [1.165, 1.54) is 11.3 Å². The van der Waals surface area contributed by atoms with Gasteiger partial charge >= 0.3 is 11.9 Å². The highest BCUT2D eigenvalue weighted by Crippen LogP contribution is 2.32. The molecule has 0 aromatic carbocycles. The highest BCUT2D eigenvalue weighted by atomic mass is 32.1. The molecule has 2 N–H and O–H groups in total. The standard InChI is InChI=1S/C18H23NO5S/c1-3-7-11-10-14(18(23)24-4-2)16(25-11)19-15(20)12-8-5-6-9-13(12)17(21)22/h5-6,10,12-13H,3-4,7-9H2,1-2H3,(H,19,20)(H,21,22)/t12-,13-/m0/s1. The fourth-order valence-electron chi connectivity index (χ4n) is 2.85. The predicted molar refractivity (Wildman–Crippen MR) is 95.9 cm³/mol. The summed E-state index contributed by atoms with van der Waals surface area (Å²) in [5.41, 5.74) is 0.335. The van der Waals surface area contributed by atoms with Gasteiger partial charge in [0, 0.05) is 4.88 Å². The van der Waals surface area contributed by atoms with Crippen LogP contribution in [0.15, 0.2) is 18.2 Å². The zero-order chi connectivity index (χ0) is 18.4. The normalized spacial score (nSPS) is 19.4. The van der Waals surface area contributed by atoms with Crippen LogP contribution < -0.4 is 5.32 Å². The van der Waals surface area contributed by atoms with Gasteiger partial charge in [-0.15, -0.1) is 11.3 Å². The van der Waals surface area contributed by atoms with Crippen LogP contribution in [0.2, 0.25) is 0 Å². The van der Waals surface area contributed by atoms with E-state index < -0.39 is 23.8 Å². The molecule has 1 aromatic rings. The van der Waals surface area contributed by atoms with Gasteiger partial charge in [0.2, 0.25) is 5.91 Å². The van der Waals surface area contributed by atoms with Gasteiger partial charge in [0.25, 0.3) is 0 Å². The van der Waals surface area contributed by atoms with Crippen LogP contribution in [0, 0.1) is 11.8 Å². The molecule has 7 heteroatoms. The third kappa shape index (κ3) is 4.69. The third-order valence-corrected chi connectivity index (χ3v) is 5.21. The van der Waals surface area contributed by atoms with E-state index in [1.807, 2.05) is 13.0 Å². The molecule has 0 radical (unpaired) electrons. The first-order valence-electron chi connectivity index (χ1n) is 8.46. The highest BCUT2D eigenvalue weighted by molar-refractivity contribution is 7.16. The lowest BCUT2D eigenvalue weighted by molar-refractivity contribution is -0.146. The molecule has 0 saturated heterocycles. The van der Waals surface area contributed by atoms with Crippen molar-refractivity contribution in [3.05, 3.63) is 28.7 Å². The number of carbonyl (C=O) groups is 3. The Morgan fingerprint density at radius 1 is 1.24 bits per heavy atom. The topological polar surface area (TPSA) is 92.7 Å². The fourth-order valence-corrected chi connectivity index (χ4v) is 4.00. The van der Waals surface area contributed by atoms with Gasteiger partial charge in [-0.2, -0.15) is 0 Å². The summed E-state index contributed by atoms with van der Waals surface area (Å²) in [6.07, 6.45) is 6.06. The van der Waals surface area contributed by atoms with Crippen molar-refractivity contribution in [1.29, 1.82) is 0 Å². The summed E-state index contributed by atoms with van der Waals surface area (Å²) in [6, 6.07) is 1.75. The lowest BCUT2D eigenvalue weighted by Gasteiger charge is -2.24. The van der Waals surface area contributed by atoms with E-state index in [1.54, 1.807) is 19.1 Å². The molecule has 25 heavy (non-hydrogen) atoms. The Kier molecular flexibility index (Phi) is 6.75. The quantitative estimate of drug-likeness (QED) is 0.570. The number of allylic oxidation sites excluding steroid dienone is 2. The minimum absolute atomic E-state index is 0.250. The summed E-state index contributed by atoms with van der Waals surface area (Å²) in [4.78, 5) is 37.1. The second-order valence-corrected chi connectivity index (χ2v) is 7.05. The van der Waals surface area contributed by atoms with Crippen molar-refractivity contribution < 1.29 is 24.2 Å². The van der Waals surface area contributed by atoms with Crippen LogP contribution in [0.25, 0.3) is 0 Å². The lowest BCUT2D eigenvalue weighted by atomic mass is 9.82. The molecular weight excluding hydrogens is 342 g/mol. The number of rotatable bonds is 7. The van der Waals surface area contributed by atoms with Crippen LogP contribution in [-0.2, 0) is 20.7 Å². The van der Waals surface area contributed by atoms with E-state index in [4.69, 9.17) is 4.74 Å². The number of hydrogen-bond acceptors (Lipinski definition) is 5. The van der Waals surface area contributed by atoms with Crippen molar-refractivity contribution >= 4 is 34.2 Å². The van der Waals surface area contributed by atoms with Crippen LogP contribution >= 0.6 is 11.3 Å². The smallest absolute Gasteiger partial charge is 0.341 e. The Morgan fingerprint density at radius 2 is 1.92 bits per heavy atom. The van der Waals surface area contributed by atoms with E-state index in [2.05, 4.69) is 5.32 Å². The second-order valence-electron chi connectivity index (χ2n) is 5.91. The van der Waals surface area contributed by atoms with Gasteiger partial charge in [-0.1, -0.05) is 25.5 Å². The maximum absolute atomic E-state index is 12.6. The fraction of sp³-hybridized carbons (Fsp3) is 0.500. The van der Waals surface area contributed by atoms with E-state index in [9.17, 15) is 19.5 Å². The highest BCUT2D eigenvalue weighted by Gasteiger charge is 2.34. The third-order valence-electron chi connectivity index (χ3n) is 4.10. The molecule has 0 aliphatic heterocycles. The number of thiophene rings is 1. The number of carboxylic acids is 1. The number of esters is 1. The number of carboxylic acid groups (broad SMARTS) is 1. The zero-order valence-electron chi connectivity index (χ0n) is 14.4. The molecule has 0 fully saturated rings. The number of nitrogens with one attached hydrogen (secondary N) is 1. The molecule has 0 spiro atoms. The van der Waals surface area contributed by atoms with E-state index in [0.29, 0.717) is 23.4 Å². The van der Waals surface area contributed by atoms with Crippen LogP contribution in [0.1, 0.15) is 48.3 Å². The number of anilines is 1. The Hall–Kier alpha value is -2.15. The van der Waals surface area contributed by atoms with Crippen molar-refractivity contribution in [3.8, 4) is 0 Å². The maximum Gasteiger partial charge on any atom is 0.341 e. The molecule has 0 bridgehead atoms.